The summed E-state index contributed by atoms with van der Waals surface area (Å²) in [6, 6.07) is 5.34. The normalized spacial score (nSPS) is 10.5. The van der Waals surface area contributed by atoms with Gasteiger partial charge in [0.15, 0.2) is 5.78 Å². The number of rotatable bonds is 9. The number of benzene rings is 1. The zero-order valence-electron chi connectivity index (χ0n) is 14.8. The highest BCUT2D eigenvalue weighted by Gasteiger charge is 2.14. The highest BCUT2D eigenvalue weighted by atomic mass is 32.1. The summed E-state index contributed by atoms with van der Waals surface area (Å²) < 4.78 is 27.2. The molecule has 1 aromatic heterocycles. The number of hydrogen-bond donors (Lipinski definition) is 2. The van der Waals surface area contributed by atoms with Crippen LogP contribution in [-0.4, -0.2) is 30.7 Å². The summed E-state index contributed by atoms with van der Waals surface area (Å²) in [5.74, 6) is -2.46. The van der Waals surface area contributed by atoms with E-state index in [0.29, 0.717) is 17.8 Å². The Bertz CT molecular complexity index is 823. The van der Waals surface area contributed by atoms with Crippen LogP contribution in [0.2, 0.25) is 0 Å². The third-order valence-electron chi connectivity index (χ3n) is 3.83. The molecule has 2 amide bonds. The zero-order valence-corrected chi connectivity index (χ0v) is 15.6. The molecule has 1 heterocycles. The van der Waals surface area contributed by atoms with Crippen LogP contribution in [0.5, 0.6) is 0 Å². The van der Waals surface area contributed by atoms with Crippen molar-refractivity contribution in [2.75, 3.05) is 13.1 Å². The Kier molecular flexibility index (Phi) is 7.60. The second kappa shape index (κ2) is 9.91. The van der Waals surface area contributed by atoms with Crippen molar-refractivity contribution < 1.29 is 23.2 Å². The molecule has 8 heteroatoms. The van der Waals surface area contributed by atoms with Gasteiger partial charge in [0, 0.05) is 25.9 Å². The SMILES string of the molecule is Cc1cc(F)c(C(=O)NCCCNC(=O)CCC(=O)c2cccs2)cc1F. The molecule has 1 aromatic carbocycles. The Balaban J connectivity index is 1.64. The van der Waals surface area contributed by atoms with Crippen molar-refractivity contribution in [3.8, 4) is 0 Å². The minimum atomic E-state index is -0.782. The van der Waals surface area contributed by atoms with E-state index in [0.717, 1.165) is 12.1 Å². The van der Waals surface area contributed by atoms with Gasteiger partial charge in [0.2, 0.25) is 5.91 Å². The first-order chi connectivity index (χ1) is 12.9. The first kappa shape index (κ1) is 20.7. The van der Waals surface area contributed by atoms with Gasteiger partial charge >= 0.3 is 0 Å². The number of hydrogen-bond acceptors (Lipinski definition) is 4. The van der Waals surface area contributed by atoms with Gasteiger partial charge in [0.25, 0.3) is 5.91 Å². The predicted octanol–water partition coefficient (Wildman–Crippen LogP) is 3.23. The lowest BCUT2D eigenvalue weighted by atomic mass is 10.1. The van der Waals surface area contributed by atoms with Crippen molar-refractivity contribution in [3.63, 3.8) is 0 Å². The van der Waals surface area contributed by atoms with Crippen molar-refractivity contribution in [3.05, 3.63) is 57.3 Å². The number of aryl methyl sites for hydroxylation is 1. The highest BCUT2D eigenvalue weighted by molar-refractivity contribution is 7.12. The average molecular weight is 394 g/mol. The maximum Gasteiger partial charge on any atom is 0.254 e. The van der Waals surface area contributed by atoms with E-state index < -0.39 is 17.5 Å². The Morgan fingerprint density at radius 1 is 1.04 bits per heavy atom. The third kappa shape index (κ3) is 6.25. The molecule has 0 saturated heterocycles. The van der Waals surface area contributed by atoms with Crippen LogP contribution in [0.4, 0.5) is 8.78 Å². The molecule has 27 heavy (non-hydrogen) atoms. The second-order valence-electron chi connectivity index (χ2n) is 5.94. The van der Waals surface area contributed by atoms with Crippen molar-refractivity contribution in [1.29, 1.82) is 0 Å². The maximum absolute atomic E-state index is 13.7. The van der Waals surface area contributed by atoms with E-state index in [2.05, 4.69) is 10.6 Å². The lowest BCUT2D eigenvalue weighted by molar-refractivity contribution is -0.121. The molecule has 0 fully saturated rings. The van der Waals surface area contributed by atoms with E-state index in [9.17, 15) is 23.2 Å². The van der Waals surface area contributed by atoms with Crippen LogP contribution >= 0.6 is 11.3 Å². The first-order valence-electron chi connectivity index (χ1n) is 8.45. The molecule has 0 radical (unpaired) electrons. The van der Waals surface area contributed by atoms with Crippen molar-refractivity contribution in [2.45, 2.75) is 26.2 Å². The van der Waals surface area contributed by atoms with Gasteiger partial charge in [-0.2, -0.15) is 0 Å². The van der Waals surface area contributed by atoms with E-state index in [1.54, 1.807) is 17.5 Å². The quantitative estimate of drug-likeness (QED) is 0.506. The van der Waals surface area contributed by atoms with Crippen molar-refractivity contribution in [2.24, 2.45) is 0 Å². The standard InChI is InChI=1S/C19H20F2N2O3S/c1-12-10-15(21)13(11-14(12)20)19(26)23-8-3-7-22-18(25)6-5-16(24)17-4-2-9-27-17/h2,4,9-11H,3,5-8H2,1H3,(H,22,25)(H,23,26). The van der Waals surface area contributed by atoms with Gasteiger partial charge in [-0.3, -0.25) is 14.4 Å². The molecule has 5 nitrogen and oxygen atoms in total. The van der Waals surface area contributed by atoms with Crippen LogP contribution < -0.4 is 10.6 Å². The van der Waals surface area contributed by atoms with Crippen LogP contribution in [0.3, 0.4) is 0 Å². The van der Waals surface area contributed by atoms with E-state index in [1.807, 2.05) is 0 Å². The van der Waals surface area contributed by atoms with Gasteiger partial charge in [0.1, 0.15) is 11.6 Å². The number of thiophene rings is 1. The monoisotopic (exact) mass is 394 g/mol. The van der Waals surface area contributed by atoms with Crippen LogP contribution in [0.15, 0.2) is 29.6 Å². The van der Waals surface area contributed by atoms with Crippen molar-refractivity contribution >= 4 is 28.9 Å². The van der Waals surface area contributed by atoms with Gasteiger partial charge in [-0.05, 0) is 42.5 Å². The highest BCUT2D eigenvalue weighted by Crippen LogP contribution is 2.14. The van der Waals surface area contributed by atoms with Gasteiger partial charge in [-0.1, -0.05) is 6.07 Å². The number of ketones is 1. The molecule has 144 valence electrons. The van der Waals surface area contributed by atoms with Crippen LogP contribution in [0.25, 0.3) is 0 Å². The van der Waals surface area contributed by atoms with Crippen LogP contribution in [0, 0.1) is 18.6 Å². The summed E-state index contributed by atoms with van der Waals surface area (Å²) in [7, 11) is 0. The fourth-order valence-electron chi connectivity index (χ4n) is 2.31. The average Bonchev–Trinajstić information content (AvgIpc) is 3.17. The second-order valence-corrected chi connectivity index (χ2v) is 6.89. The minimum Gasteiger partial charge on any atom is -0.356 e. The fourth-order valence-corrected chi connectivity index (χ4v) is 3.00. The van der Waals surface area contributed by atoms with Crippen LogP contribution in [0.1, 0.15) is 44.9 Å². The Morgan fingerprint density at radius 2 is 1.78 bits per heavy atom. The number of carbonyl (C=O) groups is 3. The van der Waals surface area contributed by atoms with E-state index in [1.165, 1.54) is 18.3 Å². The summed E-state index contributed by atoms with van der Waals surface area (Å²) in [5, 5.41) is 6.94. The molecular weight excluding hydrogens is 374 g/mol. The molecule has 2 N–H and O–H groups in total. The first-order valence-corrected chi connectivity index (χ1v) is 9.33. The lowest BCUT2D eigenvalue weighted by Crippen LogP contribution is -2.30. The van der Waals surface area contributed by atoms with Gasteiger partial charge in [-0.15, -0.1) is 11.3 Å². The molecular formula is C19H20F2N2O3S. The van der Waals surface area contributed by atoms with E-state index >= 15 is 0 Å². The fraction of sp³-hybridized carbons (Fsp3) is 0.316. The zero-order chi connectivity index (χ0) is 19.8. The Morgan fingerprint density at radius 3 is 2.48 bits per heavy atom. The Hall–Kier alpha value is -2.61. The molecule has 0 spiro atoms. The van der Waals surface area contributed by atoms with Gasteiger partial charge < -0.3 is 10.6 Å². The summed E-state index contributed by atoms with van der Waals surface area (Å²) in [4.78, 5) is 36.0. The summed E-state index contributed by atoms with van der Waals surface area (Å²) in [6.45, 7) is 1.91. The topological polar surface area (TPSA) is 75.3 Å². The number of nitrogens with one attached hydrogen (secondary N) is 2. The molecule has 0 atom stereocenters. The molecule has 2 aromatic rings. The minimum absolute atomic E-state index is 0.0697. The number of amides is 2. The van der Waals surface area contributed by atoms with Gasteiger partial charge in [-0.25, -0.2) is 8.78 Å². The summed E-state index contributed by atoms with van der Waals surface area (Å²) in [6.07, 6.45) is 0.657. The van der Waals surface area contributed by atoms with E-state index in [-0.39, 0.29) is 42.2 Å². The van der Waals surface area contributed by atoms with E-state index in [4.69, 9.17) is 0 Å². The summed E-state index contributed by atoms with van der Waals surface area (Å²) in [5.41, 5.74) is -0.224. The lowest BCUT2D eigenvalue weighted by Gasteiger charge is -2.08. The van der Waals surface area contributed by atoms with Crippen LogP contribution in [-0.2, 0) is 4.79 Å². The molecule has 0 saturated carbocycles. The molecule has 0 aliphatic heterocycles. The maximum atomic E-state index is 13.7. The Labute approximate surface area is 159 Å². The third-order valence-corrected chi connectivity index (χ3v) is 4.74. The smallest absolute Gasteiger partial charge is 0.254 e. The predicted molar refractivity (Wildman–Crippen MR) is 98.9 cm³/mol. The van der Waals surface area contributed by atoms with Crippen molar-refractivity contribution in [1.82, 2.24) is 10.6 Å². The molecule has 0 unspecified atom stereocenters. The molecule has 0 aliphatic carbocycles. The summed E-state index contributed by atoms with van der Waals surface area (Å²) >= 11 is 1.34. The molecule has 2 rings (SSSR count). The largest absolute Gasteiger partial charge is 0.356 e. The molecule has 0 aliphatic rings. The van der Waals surface area contributed by atoms with Gasteiger partial charge in [0.05, 0.1) is 10.4 Å². The molecule has 0 bridgehead atoms. The number of Topliss-reactive ketones (excluding diaryl/α,β-unsaturated/α-hetero) is 1. The number of halogens is 2. The number of carbonyl (C=O) groups excluding carboxylic acids is 3.